The Hall–Kier alpha value is -1.28. The first-order valence-electron chi connectivity index (χ1n) is 20.8. The van der Waals surface area contributed by atoms with Crippen LogP contribution < -0.4 is 0 Å². The van der Waals surface area contributed by atoms with Crippen molar-refractivity contribution in [2.45, 2.75) is 212 Å². The third-order valence-electron chi connectivity index (χ3n) is 14.2. The summed E-state index contributed by atoms with van der Waals surface area (Å²) in [5.74, 6) is -0.616. The van der Waals surface area contributed by atoms with Crippen LogP contribution in [0.1, 0.15) is 183 Å². The maximum absolute atomic E-state index is 13.9. The van der Waals surface area contributed by atoms with Crippen LogP contribution in [0.4, 0.5) is 0 Å². The first-order valence-corrected chi connectivity index (χ1v) is 20.8. The molecule has 0 aromatic rings. The normalized spacial score (nSPS) is 35.1. The van der Waals surface area contributed by atoms with E-state index in [0.29, 0.717) is 32.1 Å². The predicted molar refractivity (Wildman–Crippen MR) is 199 cm³/mol. The molecule has 288 valence electrons. The molecule has 0 saturated heterocycles. The highest BCUT2D eigenvalue weighted by Crippen LogP contribution is 2.69. The van der Waals surface area contributed by atoms with Gasteiger partial charge in [-0.3, -0.25) is 9.59 Å². The maximum atomic E-state index is 13.9. The number of ether oxygens (including phenoxy) is 1. The maximum Gasteiger partial charge on any atom is 0.306 e. The molecule has 3 fully saturated rings. The molecule has 3 saturated carbocycles. The van der Waals surface area contributed by atoms with Gasteiger partial charge in [-0.1, -0.05) is 105 Å². The molecule has 0 radical (unpaired) electrons. The summed E-state index contributed by atoms with van der Waals surface area (Å²) in [6, 6.07) is 0. The standard InChI is InChI=1S/C43H74O7/c1-7-8-9-10-11-12-13-14-15-16-17-18-19-20-39(48)50-43-26-22-31(30(2)35(44)23-24-40(3,4)49)42(43,6)25-21-32-33(43)27-36(45)34-28-37(46)38(47)29-41(32,34)5/h27,30-32,34-35,37-38,44,46-47,49H,7-26,28-29H2,1-6H3/t30-,31+,32-,34-,35+,37+,38-,41+,42+,43+/m0/s1. The minimum absolute atomic E-state index is 0.0254. The Morgan fingerprint density at radius 1 is 0.900 bits per heavy atom. The Kier molecular flexibility index (Phi) is 14.7. The summed E-state index contributed by atoms with van der Waals surface area (Å²) >= 11 is 0. The molecule has 0 bridgehead atoms. The van der Waals surface area contributed by atoms with Crippen molar-refractivity contribution >= 4 is 11.8 Å². The van der Waals surface area contributed by atoms with E-state index >= 15 is 0 Å². The first kappa shape index (κ1) is 41.5. The number of unbranched alkanes of at least 4 members (excludes halogenated alkanes) is 12. The third-order valence-corrected chi connectivity index (χ3v) is 14.2. The van der Waals surface area contributed by atoms with Gasteiger partial charge in [-0.25, -0.2) is 0 Å². The van der Waals surface area contributed by atoms with Gasteiger partial charge in [0, 0.05) is 17.8 Å². The molecule has 50 heavy (non-hydrogen) atoms. The number of fused-ring (bicyclic) bond motifs is 5. The average Bonchev–Trinajstić information content (AvgIpc) is 3.35. The van der Waals surface area contributed by atoms with Crippen LogP contribution in [0.15, 0.2) is 11.6 Å². The number of hydrogen-bond donors (Lipinski definition) is 4. The molecule has 0 aromatic heterocycles. The summed E-state index contributed by atoms with van der Waals surface area (Å²) in [7, 11) is 0. The van der Waals surface area contributed by atoms with E-state index in [-0.39, 0.29) is 41.8 Å². The molecule has 4 rings (SSSR count). The number of allylic oxidation sites excluding steroid dienone is 1. The van der Waals surface area contributed by atoms with Crippen molar-refractivity contribution in [2.24, 2.45) is 34.5 Å². The number of esters is 1. The fraction of sp³-hybridized carbons (Fsp3) is 0.907. The van der Waals surface area contributed by atoms with Gasteiger partial charge in [0.05, 0.1) is 23.9 Å². The summed E-state index contributed by atoms with van der Waals surface area (Å²) in [6.07, 6.45) is 20.5. The fourth-order valence-corrected chi connectivity index (χ4v) is 11.0. The lowest BCUT2D eigenvalue weighted by Crippen LogP contribution is -2.62. The molecule has 10 atom stereocenters. The van der Waals surface area contributed by atoms with Gasteiger partial charge in [0.2, 0.25) is 0 Å². The van der Waals surface area contributed by atoms with Crippen LogP contribution >= 0.6 is 0 Å². The Labute approximate surface area is 304 Å². The smallest absolute Gasteiger partial charge is 0.306 e. The van der Waals surface area contributed by atoms with Gasteiger partial charge < -0.3 is 25.2 Å². The topological polar surface area (TPSA) is 124 Å². The largest absolute Gasteiger partial charge is 0.454 e. The van der Waals surface area contributed by atoms with E-state index in [1.54, 1.807) is 19.9 Å². The zero-order valence-corrected chi connectivity index (χ0v) is 32.7. The monoisotopic (exact) mass is 703 g/mol. The van der Waals surface area contributed by atoms with E-state index < -0.39 is 40.3 Å². The number of rotatable bonds is 20. The van der Waals surface area contributed by atoms with E-state index in [9.17, 15) is 30.0 Å². The van der Waals surface area contributed by atoms with Crippen molar-refractivity contribution in [1.29, 1.82) is 0 Å². The molecule has 4 N–H and O–H groups in total. The highest BCUT2D eigenvalue weighted by Gasteiger charge is 2.69. The molecular weight excluding hydrogens is 628 g/mol. The number of hydrogen-bond acceptors (Lipinski definition) is 7. The molecule has 0 unspecified atom stereocenters. The number of aliphatic hydroxyl groups is 4. The van der Waals surface area contributed by atoms with Crippen LogP contribution in [-0.2, 0) is 14.3 Å². The highest BCUT2D eigenvalue weighted by molar-refractivity contribution is 5.95. The van der Waals surface area contributed by atoms with Crippen molar-refractivity contribution < 1.29 is 34.8 Å². The summed E-state index contributed by atoms with van der Waals surface area (Å²) in [6.45, 7) is 12.2. The molecular formula is C43H74O7. The van der Waals surface area contributed by atoms with Crippen molar-refractivity contribution in [2.75, 3.05) is 0 Å². The van der Waals surface area contributed by atoms with Crippen LogP contribution in [0, 0.1) is 34.5 Å². The zero-order chi connectivity index (χ0) is 36.7. The summed E-state index contributed by atoms with van der Waals surface area (Å²) in [4.78, 5) is 27.7. The van der Waals surface area contributed by atoms with E-state index in [1.165, 1.54) is 64.2 Å². The second-order valence-corrected chi connectivity index (χ2v) is 18.4. The van der Waals surface area contributed by atoms with E-state index in [1.807, 2.05) is 0 Å². The summed E-state index contributed by atoms with van der Waals surface area (Å²) in [5.41, 5.74) is -1.87. The first-order chi connectivity index (χ1) is 23.6. The van der Waals surface area contributed by atoms with Crippen LogP contribution in [0.25, 0.3) is 0 Å². The van der Waals surface area contributed by atoms with E-state index in [2.05, 4.69) is 27.7 Å². The van der Waals surface area contributed by atoms with Crippen molar-refractivity contribution in [3.05, 3.63) is 11.6 Å². The Morgan fingerprint density at radius 3 is 2.06 bits per heavy atom. The molecule has 0 heterocycles. The van der Waals surface area contributed by atoms with Gasteiger partial charge in [-0.15, -0.1) is 0 Å². The number of carbonyl (C=O) groups is 2. The van der Waals surface area contributed by atoms with E-state index in [4.69, 9.17) is 4.74 Å². The number of carbonyl (C=O) groups excluding carboxylic acids is 2. The minimum Gasteiger partial charge on any atom is -0.454 e. The van der Waals surface area contributed by atoms with Crippen LogP contribution in [0.3, 0.4) is 0 Å². The lowest BCUT2D eigenvalue weighted by atomic mass is 9.45. The average molecular weight is 703 g/mol. The molecule has 4 aliphatic rings. The van der Waals surface area contributed by atoms with Gasteiger partial charge in [0.15, 0.2) is 5.78 Å². The fourth-order valence-electron chi connectivity index (χ4n) is 11.0. The molecule has 7 heteroatoms. The second kappa shape index (κ2) is 17.7. The molecule has 7 nitrogen and oxygen atoms in total. The van der Waals surface area contributed by atoms with Crippen molar-refractivity contribution in [3.8, 4) is 0 Å². The quantitative estimate of drug-likeness (QED) is 0.0739. The Morgan fingerprint density at radius 2 is 1.48 bits per heavy atom. The Bertz CT molecular complexity index is 1140. The lowest BCUT2D eigenvalue weighted by Gasteiger charge is -2.61. The molecule has 0 aromatic carbocycles. The van der Waals surface area contributed by atoms with Gasteiger partial charge in [0.25, 0.3) is 0 Å². The van der Waals surface area contributed by atoms with Gasteiger partial charge in [0.1, 0.15) is 5.60 Å². The van der Waals surface area contributed by atoms with Crippen LogP contribution in [0.5, 0.6) is 0 Å². The number of aliphatic hydroxyl groups excluding tert-OH is 3. The Balaban J connectivity index is 1.44. The molecule has 4 aliphatic carbocycles. The molecule has 0 spiro atoms. The second-order valence-electron chi connectivity index (χ2n) is 18.4. The summed E-state index contributed by atoms with van der Waals surface area (Å²) in [5, 5.41) is 43.1. The van der Waals surface area contributed by atoms with Crippen LogP contribution in [0.2, 0.25) is 0 Å². The van der Waals surface area contributed by atoms with E-state index in [0.717, 1.165) is 44.1 Å². The van der Waals surface area contributed by atoms with Gasteiger partial charge >= 0.3 is 5.97 Å². The SMILES string of the molecule is CCCCCCCCCCCCCCCC(=O)O[C@@]12CC[C@H]([C@H](C)[C@H](O)CCC(C)(C)O)[C@@]1(C)CC[C@H]1C2=CC(=O)[C@@H]2C[C@@H](O)[C@@H](O)C[C@@]21C. The lowest BCUT2D eigenvalue weighted by molar-refractivity contribution is -0.184. The third kappa shape index (κ3) is 9.26. The minimum atomic E-state index is -0.941. The van der Waals surface area contributed by atoms with Crippen molar-refractivity contribution in [3.63, 3.8) is 0 Å². The highest BCUT2D eigenvalue weighted by atomic mass is 16.6. The van der Waals surface area contributed by atoms with Gasteiger partial charge in [-0.2, -0.15) is 0 Å². The summed E-state index contributed by atoms with van der Waals surface area (Å²) < 4.78 is 6.78. The predicted octanol–water partition coefficient (Wildman–Crippen LogP) is 8.77. The van der Waals surface area contributed by atoms with Crippen molar-refractivity contribution in [1.82, 2.24) is 0 Å². The molecule has 0 amide bonds. The number of ketones is 1. The van der Waals surface area contributed by atoms with Gasteiger partial charge in [-0.05, 0) is 106 Å². The zero-order valence-electron chi connectivity index (χ0n) is 32.7. The molecule has 0 aliphatic heterocycles. The van der Waals surface area contributed by atoms with Crippen LogP contribution in [-0.4, -0.2) is 61.7 Å².